The second-order valence-corrected chi connectivity index (χ2v) is 6.99. The van der Waals surface area contributed by atoms with Crippen LogP contribution < -0.4 is 10.1 Å². The number of aliphatic carboxylic acids is 1. The summed E-state index contributed by atoms with van der Waals surface area (Å²) >= 11 is 0. The van der Waals surface area contributed by atoms with Crippen LogP contribution in [0.3, 0.4) is 0 Å². The number of ether oxygens (including phenoxy) is 2. The summed E-state index contributed by atoms with van der Waals surface area (Å²) in [6.45, 7) is 9.48. The highest BCUT2D eigenvalue weighted by Gasteiger charge is 2.31. The molecule has 0 saturated carbocycles. The molecule has 2 unspecified atom stereocenters. The molecule has 0 saturated heterocycles. The predicted molar refractivity (Wildman–Crippen MR) is 96.0 cm³/mol. The van der Waals surface area contributed by atoms with E-state index in [-0.39, 0.29) is 18.9 Å². The molecule has 6 nitrogen and oxygen atoms in total. The summed E-state index contributed by atoms with van der Waals surface area (Å²) in [7, 11) is 1.47. The van der Waals surface area contributed by atoms with Crippen LogP contribution in [0.15, 0.2) is 18.2 Å². The Morgan fingerprint density at radius 3 is 2.44 bits per heavy atom. The second kappa shape index (κ2) is 8.85. The fourth-order valence-electron chi connectivity index (χ4n) is 2.53. The molecule has 0 heterocycles. The van der Waals surface area contributed by atoms with Gasteiger partial charge in [0.2, 0.25) is 0 Å². The SMILES string of the molecule is COCC(C)(CC(=O)O)NC(=O)C(C)Oc1cc(C(C)C)ccc1C. The molecule has 2 N–H and O–H groups in total. The van der Waals surface area contributed by atoms with Crippen LogP contribution in [-0.2, 0) is 14.3 Å². The number of hydrogen-bond donors (Lipinski definition) is 2. The maximum atomic E-state index is 12.5. The lowest BCUT2D eigenvalue weighted by Gasteiger charge is -2.30. The highest BCUT2D eigenvalue weighted by molar-refractivity contribution is 5.82. The lowest BCUT2D eigenvalue weighted by molar-refractivity contribution is -0.140. The first-order valence-corrected chi connectivity index (χ1v) is 8.38. The molecule has 0 aliphatic carbocycles. The first-order chi connectivity index (χ1) is 11.6. The van der Waals surface area contributed by atoms with Gasteiger partial charge in [0.25, 0.3) is 5.91 Å². The minimum absolute atomic E-state index is 0.0968. The molecule has 0 spiro atoms. The van der Waals surface area contributed by atoms with Crippen molar-refractivity contribution < 1.29 is 24.2 Å². The summed E-state index contributed by atoms with van der Waals surface area (Å²) in [5, 5.41) is 11.8. The number of rotatable bonds is 9. The molecule has 140 valence electrons. The van der Waals surface area contributed by atoms with E-state index in [0.29, 0.717) is 11.7 Å². The molecule has 0 bridgehead atoms. The van der Waals surface area contributed by atoms with Crippen molar-refractivity contribution in [3.63, 3.8) is 0 Å². The topological polar surface area (TPSA) is 84.9 Å². The molecular formula is C19H29NO5. The Balaban J connectivity index is 2.85. The third kappa shape index (κ3) is 6.38. The van der Waals surface area contributed by atoms with Crippen LogP contribution >= 0.6 is 0 Å². The summed E-state index contributed by atoms with van der Waals surface area (Å²) in [6, 6.07) is 5.95. The van der Waals surface area contributed by atoms with Gasteiger partial charge in [0.15, 0.2) is 6.10 Å². The second-order valence-electron chi connectivity index (χ2n) is 6.99. The van der Waals surface area contributed by atoms with E-state index < -0.39 is 17.6 Å². The maximum absolute atomic E-state index is 12.5. The molecule has 1 aromatic rings. The van der Waals surface area contributed by atoms with Crippen LogP contribution in [0, 0.1) is 6.92 Å². The van der Waals surface area contributed by atoms with Crippen LogP contribution in [0.2, 0.25) is 0 Å². The van der Waals surface area contributed by atoms with E-state index in [1.165, 1.54) is 7.11 Å². The van der Waals surface area contributed by atoms with Gasteiger partial charge in [0.05, 0.1) is 18.6 Å². The molecule has 1 rings (SSSR count). The maximum Gasteiger partial charge on any atom is 0.305 e. The summed E-state index contributed by atoms with van der Waals surface area (Å²) < 4.78 is 10.9. The van der Waals surface area contributed by atoms with Gasteiger partial charge in [-0.05, 0) is 43.9 Å². The van der Waals surface area contributed by atoms with Crippen molar-refractivity contribution in [1.29, 1.82) is 0 Å². The van der Waals surface area contributed by atoms with Crippen molar-refractivity contribution >= 4 is 11.9 Å². The molecule has 0 radical (unpaired) electrons. The summed E-state index contributed by atoms with van der Waals surface area (Å²) in [4.78, 5) is 23.5. The van der Waals surface area contributed by atoms with E-state index >= 15 is 0 Å². The zero-order valence-corrected chi connectivity index (χ0v) is 15.9. The van der Waals surface area contributed by atoms with Gasteiger partial charge in [0.1, 0.15) is 5.75 Å². The normalized spacial score (nSPS) is 14.7. The van der Waals surface area contributed by atoms with Crippen LogP contribution in [-0.4, -0.2) is 42.3 Å². The Hall–Kier alpha value is -2.08. The summed E-state index contributed by atoms with van der Waals surface area (Å²) in [6.07, 6.45) is -0.993. The first kappa shape index (κ1) is 21.0. The van der Waals surface area contributed by atoms with E-state index in [2.05, 4.69) is 19.2 Å². The number of benzene rings is 1. The molecule has 0 aromatic heterocycles. The van der Waals surface area contributed by atoms with Crippen molar-refractivity contribution in [2.24, 2.45) is 0 Å². The van der Waals surface area contributed by atoms with E-state index in [1.54, 1.807) is 13.8 Å². The monoisotopic (exact) mass is 351 g/mol. The van der Waals surface area contributed by atoms with Crippen molar-refractivity contribution in [3.05, 3.63) is 29.3 Å². The Kier molecular flexibility index (Phi) is 7.42. The molecule has 0 aliphatic rings. The number of methoxy groups -OCH3 is 1. The highest BCUT2D eigenvalue weighted by Crippen LogP contribution is 2.25. The smallest absolute Gasteiger partial charge is 0.305 e. The summed E-state index contributed by atoms with van der Waals surface area (Å²) in [5.74, 6) is -0.378. The number of nitrogens with one attached hydrogen (secondary N) is 1. The van der Waals surface area contributed by atoms with E-state index in [9.17, 15) is 9.59 Å². The van der Waals surface area contributed by atoms with Crippen molar-refractivity contribution in [3.8, 4) is 5.75 Å². The number of amides is 1. The average Bonchev–Trinajstić information content (AvgIpc) is 2.48. The lowest BCUT2D eigenvalue weighted by atomic mass is 9.98. The number of carbonyl (C=O) groups excluding carboxylic acids is 1. The van der Waals surface area contributed by atoms with Gasteiger partial charge >= 0.3 is 5.97 Å². The quantitative estimate of drug-likeness (QED) is 0.714. The number of carboxylic acids is 1. The molecule has 2 atom stereocenters. The number of aryl methyl sites for hydroxylation is 1. The van der Waals surface area contributed by atoms with E-state index in [0.717, 1.165) is 11.1 Å². The van der Waals surface area contributed by atoms with Gasteiger partial charge in [-0.15, -0.1) is 0 Å². The van der Waals surface area contributed by atoms with E-state index in [1.807, 2.05) is 25.1 Å². The molecule has 0 fully saturated rings. The Morgan fingerprint density at radius 1 is 1.28 bits per heavy atom. The van der Waals surface area contributed by atoms with Crippen LogP contribution in [0.5, 0.6) is 5.75 Å². The van der Waals surface area contributed by atoms with Gasteiger partial charge in [-0.1, -0.05) is 26.0 Å². The zero-order chi connectivity index (χ0) is 19.2. The minimum Gasteiger partial charge on any atom is -0.481 e. The fraction of sp³-hybridized carbons (Fsp3) is 0.579. The van der Waals surface area contributed by atoms with Crippen LogP contribution in [0.25, 0.3) is 0 Å². The van der Waals surface area contributed by atoms with Gasteiger partial charge in [0, 0.05) is 7.11 Å². The summed E-state index contributed by atoms with van der Waals surface area (Å²) in [5.41, 5.74) is 1.07. The Morgan fingerprint density at radius 2 is 1.92 bits per heavy atom. The molecule has 25 heavy (non-hydrogen) atoms. The lowest BCUT2D eigenvalue weighted by Crippen LogP contribution is -2.54. The first-order valence-electron chi connectivity index (χ1n) is 8.38. The zero-order valence-electron chi connectivity index (χ0n) is 15.9. The minimum atomic E-state index is -1.01. The Bertz CT molecular complexity index is 614. The van der Waals surface area contributed by atoms with Crippen molar-refractivity contribution in [1.82, 2.24) is 5.32 Å². The van der Waals surface area contributed by atoms with Gasteiger partial charge < -0.3 is 19.9 Å². The fourth-order valence-corrected chi connectivity index (χ4v) is 2.53. The number of carbonyl (C=O) groups is 2. The molecule has 1 aromatic carbocycles. The largest absolute Gasteiger partial charge is 0.481 e. The number of hydrogen-bond acceptors (Lipinski definition) is 4. The molecule has 0 aliphatic heterocycles. The average molecular weight is 351 g/mol. The molecular weight excluding hydrogens is 322 g/mol. The van der Waals surface area contributed by atoms with Crippen LogP contribution in [0.1, 0.15) is 51.2 Å². The van der Waals surface area contributed by atoms with Crippen molar-refractivity contribution in [2.45, 2.75) is 58.6 Å². The predicted octanol–water partition coefficient (Wildman–Crippen LogP) is 2.88. The highest BCUT2D eigenvalue weighted by atomic mass is 16.5. The standard InChI is InChI=1S/C19H29NO5/c1-12(2)15-8-7-13(3)16(9-15)25-14(4)18(23)20-19(5,11-24-6)10-17(21)22/h7-9,12,14H,10-11H2,1-6H3,(H,20,23)(H,21,22). The third-order valence-corrected chi connectivity index (χ3v) is 3.98. The van der Waals surface area contributed by atoms with Gasteiger partial charge in [-0.3, -0.25) is 9.59 Å². The Labute approximate surface area is 149 Å². The molecule has 6 heteroatoms. The van der Waals surface area contributed by atoms with E-state index in [4.69, 9.17) is 14.6 Å². The molecule has 1 amide bonds. The van der Waals surface area contributed by atoms with Crippen molar-refractivity contribution in [2.75, 3.05) is 13.7 Å². The van der Waals surface area contributed by atoms with Gasteiger partial charge in [-0.25, -0.2) is 0 Å². The van der Waals surface area contributed by atoms with Gasteiger partial charge in [-0.2, -0.15) is 0 Å². The van der Waals surface area contributed by atoms with Crippen LogP contribution in [0.4, 0.5) is 0 Å². The third-order valence-electron chi connectivity index (χ3n) is 3.98. The number of carboxylic acid groups (broad SMARTS) is 1.